The van der Waals surface area contributed by atoms with Gasteiger partial charge >= 0.3 is 5.97 Å². The van der Waals surface area contributed by atoms with Gasteiger partial charge in [0.15, 0.2) is 0 Å². The Balaban J connectivity index is 3.02. The van der Waals surface area contributed by atoms with Crippen molar-refractivity contribution in [1.82, 2.24) is 4.31 Å². The van der Waals surface area contributed by atoms with Crippen molar-refractivity contribution >= 4 is 43.3 Å². The minimum absolute atomic E-state index is 0.0895. The summed E-state index contributed by atoms with van der Waals surface area (Å²) in [7, 11) is -2.27. The highest BCUT2D eigenvalue weighted by molar-refractivity contribution is 9.11. The topological polar surface area (TPSA) is 72.9 Å². The van der Waals surface area contributed by atoms with Crippen LogP contribution in [0.1, 0.15) is 12.5 Å². The first-order chi connectivity index (χ1) is 9.82. The van der Waals surface area contributed by atoms with E-state index >= 15 is 0 Å². The average molecular weight is 400 g/mol. The summed E-state index contributed by atoms with van der Waals surface area (Å²) in [4.78, 5) is 11.6. The SMILES string of the molecule is CCOC(=O)CN(CCOC)S(=O)(=O)c1cc(C)c(Br)s1. The zero-order valence-corrected chi connectivity index (χ0v) is 15.3. The molecule has 0 saturated carbocycles. The molecule has 1 rings (SSSR count). The molecule has 0 atom stereocenters. The maximum absolute atomic E-state index is 12.6. The Labute approximate surface area is 137 Å². The lowest BCUT2D eigenvalue weighted by Gasteiger charge is -2.19. The van der Waals surface area contributed by atoms with E-state index in [4.69, 9.17) is 9.47 Å². The van der Waals surface area contributed by atoms with Gasteiger partial charge < -0.3 is 9.47 Å². The van der Waals surface area contributed by atoms with E-state index in [1.165, 1.54) is 7.11 Å². The lowest BCUT2D eigenvalue weighted by molar-refractivity contribution is -0.143. The Hall–Kier alpha value is -0.480. The van der Waals surface area contributed by atoms with Gasteiger partial charge in [-0.2, -0.15) is 4.31 Å². The largest absolute Gasteiger partial charge is 0.465 e. The van der Waals surface area contributed by atoms with Gasteiger partial charge in [0, 0.05) is 13.7 Å². The molecule has 0 N–H and O–H groups in total. The number of methoxy groups -OCH3 is 1. The van der Waals surface area contributed by atoms with E-state index in [1.807, 2.05) is 6.92 Å². The minimum atomic E-state index is -3.75. The van der Waals surface area contributed by atoms with E-state index in [-0.39, 0.29) is 30.5 Å². The van der Waals surface area contributed by atoms with Gasteiger partial charge in [0.1, 0.15) is 10.8 Å². The Morgan fingerprint density at radius 1 is 1.48 bits per heavy atom. The van der Waals surface area contributed by atoms with Gasteiger partial charge in [-0.05, 0) is 41.4 Å². The Morgan fingerprint density at radius 2 is 2.14 bits per heavy atom. The van der Waals surface area contributed by atoms with E-state index in [2.05, 4.69) is 15.9 Å². The van der Waals surface area contributed by atoms with Crippen molar-refractivity contribution < 1.29 is 22.7 Å². The molecule has 0 unspecified atom stereocenters. The van der Waals surface area contributed by atoms with E-state index in [1.54, 1.807) is 13.0 Å². The molecule has 0 radical (unpaired) electrons. The number of hydrogen-bond acceptors (Lipinski definition) is 6. The fraction of sp³-hybridized carbons (Fsp3) is 0.583. The lowest BCUT2D eigenvalue weighted by atomic mass is 10.4. The second-order valence-corrected chi connectivity index (χ2v) is 8.69. The third kappa shape index (κ3) is 5.03. The molecule has 0 aliphatic rings. The number of rotatable bonds is 8. The number of carbonyl (C=O) groups is 1. The molecule has 1 heterocycles. The molecular formula is C12H18BrNO5S2. The summed E-state index contributed by atoms with van der Waals surface area (Å²) in [5.41, 5.74) is 0.835. The normalized spacial score (nSPS) is 11.9. The first-order valence-electron chi connectivity index (χ1n) is 6.23. The number of aryl methyl sites for hydroxylation is 1. The minimum Gasteiger partial charge on any atom is -0.465 e. The molecule has 0 aliphatic carbocycles. The molecule has 120 valence electrons. The predicted octanol–water partition coefficient (Wildman–Crippen LogP) is 2.02. The number of nitrogens with zero attached hydrogens (tertiary/aromatic N) is 1. The van der Waals surface area contributed by atoms with Crippen molar-refractivity contribution in [2.75, 3.05) is 33.4 Å². The Kier molecular flexibility index (Phi) is 7.28. The quantitative estimate of drug-likeness (QED) is 0.625. The second-order valence-electron chi connectivity index (χ2n) is 4.16. The van der Waals surface area contributed by atoms with Crippen LogP contribution in [-0.4, -0.2) is 52.1 Å². The summed E-state index contributed by atoms with van der Waals surface area (Å²) in [6.07, 6.45) is 0. The van der Waals surface area contributed by atoms with Crippen LogP contribution in [0.3, 0.4) is 0 Å². The molecular weight excluding hydrogens is 382 g/mol. The molecule has 1 aromatic rings. The van der Waals surface area contributed by atoms with Crippen molar-refractivity contribution in [3.63, 3.8) is 0 Å². The molecule has 0 aromatic carbocycles. The summed E-state index contributed by atoms with van der Waals surface area (Å²) in [6, 6.07) is 1.58. The van der Waals surface area contributed by atoms with Crippen LogP contribution < -0.4 is 0 Å². The van der Waals surface area contributed by atoms with Gasteiger partial charge in [-0.15, -0.1) is 11.3 Å². The highest BCUT2D eigenvalue weighted by atomic mass is 79.9. The fourth-order valence-corrected chi connectivity index (χ4v) is 5.26. The van der Waals surface area contributed by atoms with Gasteiger partial charge in [0.25, 0.3) is 10.0 Å². The van der Waals surface area contributed by atoms with Crippen molar-refractivity contribution in [2.24, 2.45) is 0 Å². The van der Waals surface area contributed by atoms with Crippen LogP contribution >= 0.6 is 27.3 Å². The molecule has 21 heavy (non-hydrogen) atoms. The number of carbonyl (C=O) groups excluding carboxylic acids is 1. The first kappa shape index (κ1) is 18.6. The molecule has 9 heteroatoms. The smallest absolute Gasteiger partial charge is 0.321 e. The number of hydrogen-bond donors (Lipinski definition) is 0. The third-order valence-corrected chi connectivity index (χ3v) is 7.02. The van der Waals surface area contributed by atoms with Crippen LogP contribution in [0.5, 0.6) is 0 Å². The molecule has 0 fully saturated rings. The maximum Gasteiger partial charge on any atom is 0.321 e. The standard InChI is InChI=1S/C12H18BrNO5S2/c1-4-19-10(15)8-14(5-6-18-3)21(16,17)11-7-9(2)12(13)20-11/h7H,4-6,8H2,1-3H3. The predicted molar refractivity (Wildman–Crippen MR) is 84.0 cm³/mol. The van der Waals surface area contributed by atoms with Crippen LogP contribution in [0.25, 0.3) is 0 Å². The lowest BCUT2D eigenvalue weighted by Crippen LogP contribution is -2.38. The van der Waals surface area contributed by atoms with Gasteiger partial charge in [-0.3, -0.25) is 4.79 Å². The van der Waals surface area contributed by atoms with Gasteiger partial charge in [0.2, 0.25) is 0 Å². The molecule has 0 aliphatic heterocycles. The van der Waals surface area contributed by atoms with Gasteiger partial charge in [-0.25, -0.2) is 8.42 Å². The summed E-state index contributed by atoms with van der Waals surface area (Å²) < 4.78 is 36.9. The van der Waals surface area contributed by atoms with Crippen molar-refractivity contribution in [3.8, 4) is 0 Å². The highest BCUT2D eigenvalue weighted by Gasteiger charge is 2.29. The summed E-state index contributed by atoms with van der Waals surface area (Å²) >= 11 is 4.42. The fourth-order valence-electron chi connectivity index (χ4n) is 1.51. The van der Waals surface area contributed by atoms with E-state index in [9.17, 15) is 13.2 Å². The van der Waals surface area contributed by atoms with Crippen molar-refractivity contribution in [3.05, 3.63) is 15.4 Å². The molecule has 0 amide bonds. The maximum atomic E-state index is 12.6. The van der Waals surface area contributed by atoms with Crippen LogP contribution in [0.15, 0.2) is 14.1 Å². The average Bonchev–Trinajstić information content (AvgIpc) is 2.75. The van der Waals surface area contributed by atoms with Gasteiger partial charge in [-0.1, -0.05) is 0 Å². The zero-order valence-electron chi connectivity index (χ0n) is 12.1. The highest BCUT2D eigenvalue weighted by Crippen LogP contribution is 2.32. The number of thiophene rings is 1. The Morgan fingerprint density at radius 3 is 2.62 bits per heavy atom. The molecule has 0 bridgehead atoms. The van der Waals surface area contributed by atoms with E-state index in [0.717, 1.165) is 25.0 Å². The molecule has 6 nitrogen and oxygen atoms in total. The first-order valence-corrected chi connectivity index (χ1v) is 9.28. The van der Waals surface area contributed by atoms with Crippen LogP contribution in [0.2, 0.25) is 0 Å². The van der Waals surface area contributed by atoms with Crippen LogP contribution in [-0.2, 0) is 24.3 Å². The summed E-state index contributed by atoms with van der Waals surface area (Å²) in [5.74, 6) is -0.579. The van der Waals surface area contributed by atoms with E-state index < -0.39 is 16.0 Å². The number of ether oxygens (including phenoxy) is 2. The van der Waals surface area contributed by atoms with Crippen molar-refractivity contribution in [2.45, 2.75) is 18.1 Å². The Bertz CT molecular complexity index is 565. The molecule has 0 spiro atoms. The monoisotopic (exact) mass is 399 g/mol. The third-order valence-electron chi connectivity index (χ3n) is 2.58. The zero-order chi connectivity index (χ0) is 16.0. The number of sulfonamides is 1. The van der Waals surface area contributed by atoms with E-state index in [0.29, 0.717) is 0 Å². The summed E-state index contributed by atoms with van der Waals surface area (Å²) in [6.45, 7) is 3.65. The molecule has 0 saturated heterocycles. The second kappa shape index (κ2) is 8.23. The van der Waals surface area contributed by atoms with Gasteiger partial charge in [0.05, 0.1) is 17.0 Å². The van der Waals surface area contributed by atoms with Crippen LogP contribution in [0.4, 0.5) is 0 Å². The summed E-state index contributed by atoms with van der Waals surface area (Å²) in [5, 5.41) is 0. The number of halogens is 1. The van der Waals surface area contributed by atoms with Crippen molar-refractivity contribution in [1.29, 1.82) is 0 Å². The van der Waals surface area contributed by atoms with Crippen LogP contribution in [0, 0.1) is 6.92 Å². The number of esters is 1. The molecule has 1 aromatic heterocycles.